The average molecular weight is 955 g/mol. The van der Waals surface area contributed by atoms with Crippen LogP contribution in [0, 0.1) is 0 Å². The van der Waals surface area contributed by atoms with Gasteiger partial charge in [0.15, 0.2) is 24.8 Å². The minimum Gasteiger partial charge on any atom is -0.748 e. The van der Waals surface area contributed by atoms with E-state index in [-0.39, 0.29) is 24.7 Å². The van der Waals surface area contributed by atoms with Gasteiger partial charge in [-0.15, -0.1) is 0 Å². The van der Waals surface area contributed by atoms with Gasteiger partial charge in [-0.1, -0.05) is 140 Å². The number of hydrogen-bond donors (Lipinski definition) is 0. The van der Waals surface area contributed by atoms with Crippen molar-refractivity contribution in [1.29, 1.82) is 0 Å². The molecule has 2 aromatic rings. The number of amides is 2. The van der Waals surface area contributed by atoms with E-state index in [9.17, 15) is 35.5 Å². The molecule has 0 aromatic carbocycles. The molecule has 0 atom stereocenters. The molecule has 0 unspecified atom stereocenters. The van der Waals surface area contributed by atoms with Gasteiger partial charge < -0.3 is 18.9 Å². The van der Waals surface area contributed by atoms with Crippen molar-refractivity contribution in [2.45, 2.75) is 181 Å². The number of aryl methyl sites for hydroxylation is 2. The second-order valence-electron chi connectivity index (χ2n) is 17.4. The molecule has 0 saturated heterocycles. The zero-order valence-electron chi connectivity index (χ0n) is 40.3. The Kier molecular flexibility index (Phi) is 31.8. The van der Waals surface area contributed by atoms with Crippen molar-refractivity contribution in [2.24, 2.45) is 0 Å². The van der Waals surface area contributed by atoms with E-state index in [1.807, 2.05) is 92.3 Å². The van der Waals surface area contributed by atoms with Gasteiger partial charge in [-0.2, -0.15) is 0 Å². The highest BCUT2D eigenvalue weighted by molar-refractivity contribution is 7.85. The van der Waals surface area contributed by atoms with Crippen molar-refractivity contribution in [2.75, 3.05) is 24.6 Å². The van der Waals surface area contributed by atoms with Gasteiger partial charge in [-0.05, 0) is 49.7 Å². The van der Waals surface area contributed by atoms with Crippen molar-refractivity contribution in [3.8, 4) is 0 Å². The van der Waals surface area contributed by atoms with Gasteiger partial charge in [-0.3, -0.25) is 9.59 Å². The molecular formula is C52H82N4O8S2. The first-order valence-electron chi connectivity index (χ1n) is 24.9. The molecule has 66 heavy (non-hydrogen) atoms. The lowest BCUT2D eigenvalue weighted by molar-refractivity contribution is -0.697. The molecule has 2 aromatic heterocycles. The minimum absolute atomic E-state index is 0.0763. The standard InChI is InChI=1S/C52H82N4O8S2/c1-3-5-7-9-11-13-15-17-19-21-25-31-51(57)55(47-49-33-41-53(42-34-49)37-29-45-65(59,60)61)39-27-23-24-28-40-56(48-50-35-43-54(44-36-50)38-30-46-66(62,63)64)52(58)32-26-22-20-18-16-14-12-10-8-6-4-2/h19-22,25-26,31-36,41-44H,3-18,23-24,27-30,37-40,45-48H2,1-2H3/b21-19+,22-20+,31-25+,32-26+. The van der Waals surface area contributed by atoms with Crippen LogP contribution in [0.4, 0.5) is 0 Å². The summed E-state index contributed by atoms with van der Waals surface area (Å²) in [6, 6.07) is 7.66. The van der Waals surface area contributed by atoms with Gasteiger partial charge in [0, 0.05) is 86.9 Å². The summed E-state index contributed by atoms with van der Waals surface area (Å²) in [5, 5.41) is 0. The smallest absolute Gasteiger partial charge is 0.246 e. The summed E-state index contributed by atoms with van der Waals surface area (Å²) in [5.41, 5.74) is 1.88. The predicted octanol–water partition coefficient (Wildman–Crippen LogP) is 9.56. The number of aromatic nitrogens is 2. The number of allylic oxidation sites excluding steroid dienone is 6. The van der Waals surface area contributed by atoms with E-state index in [2.05, 4.69) is 26.0 Å². The summed E-state index contributed by atoms with van der Waals surface area (Å²) < 4.78 is 69.8. The molecule has 0 bridgehead atoms. The Morgan fingerprint density at radius 2 is 0.818 bits per heavy atom. The Morgan fingerprint density at radius 1 is 0.485 bits per heavy atom. The zero-order chi connectivity index (χ0) is 48.1. The van der Waals surface area contributed by atoms with E-state index < -0.39 is 31.7 Å². The van der Waals surface area contributed by atoms with Crippen molar-refractivity contribution < 1.29 is 44.7 Å². The molecule has 0 aliphatic heterocycles. The summed E-state index contributed by atoms with van der Waals surface area (Å²) in [6.45, 7) is 7.21. The quantitative estimate of drug-likeness (QED) is 0.0210. The third kappa shape index (κ3) is 31.9. The highest BCUT2D eigenvalue weighted by atomic mass is 32.2. The van der Waals surface area contributed by atoms with Gasteiger partial charge >= 0.3 is 0 Å². The molecule has 370 valence electrons. The van der Waals surface area contributed by atoms with Crippen LogP contribution in [0.2, 0.25) is 0 Å². The number of hydrogen-bond acceptors (Lipinski definition) is 8. The van der Waals surface area contributed by atoms with Gasteiger partial charge in [-0.25, -0.2) is 26.0 Å². The molecule has 14 heteroatoms. The van der Waals surface area contributed by atoms with Gasteiger partial charge in [0.05, 0.1) is 20.2 Å². The van der Waals surface area contributed by atoms with Gasteiger partial charge in [0.2, 0.25) is 11.8 Å². The normalized spacial score (nSPS) is 12.4. The number of carbonyl (C=O) groups is 2. The van der Waals surface area contributed by atoms with Crippen LogP contribution in [-0.4, -0.2) is 72.2 Å². The van der Waals surface area contributed by atoms with Crippen LogP contribution in [0.3, 0.4) is 0 Å². The van der Waals surface area contributed by atoms with Gasteiger partial charge in [0.25, 0.3) is 0 Å². The number of pyridine rings is 2. The van der Waals surface area contributed by atoms with E-state index in [0.29, 0.717) is 39.3 Å². The summed E-state index contributed by atoms with van der Waals surface area (Å²) in [7, 11) is -8.53. The molecular weight excluding hydrogens is 873 g/mol. The summed E-state index contributed by atoms with van der Waals surface area (Å²) in [4.78, 5) is 30.7. The Balaban J connectivity index is 2.01. The van der Waals surface area contributed by atoms with E-state index in [4.69, 9.17) is 0 Å². The van der Waals surface area contributed by atoms with Crippen LogP contribution in [0.5, 0.6) is 0 Å². The maximum absolute atomic E-state index is 13.5. The molecule has 0 aliphatic carbocycles. The third-order valence-electron chi connectivity index (χ3n) is 11.4. The largest absolute Gasteiger partial charge is 0.748 e. The minimum atomic E-state index is -4.26. The SMILES string of the molecule is CCCCCCCCC/C=C/C=C/C(=O)N(CCCCCCN(Cc1cc[n+](CCCS(=O)(=O)[O-])cc1)C(=O)/C=C/C=C/CCCCCCCCC)Cc1cc[n+](CCCS(=O)(=O)[O-])cc1. The molecule has 0 saturated carbocycles. The molecule has 0 radical (unpaired) electrons. The maximum Gasteiger partial charge on any atom is 0.246 e. The predicted molar refractivity (Wildman–Crippen MR) is 263 cm³/mol. The lowest BCUT2D eigenvalue weighted by Gasteiger charge is -2.22. The second-order valence-corrected chi connectivity index (χ2v) is 20.5. The van der Waals surface area contributed by atoms with E-state index in [0.717, 1.165) is 62.5 Å². The number of rotatable bonds is 39. The van der Waals surface area contributed by atoms with Crippen molar-refractivity contribution >= 4 is 32.1 Å². The third-order valence-corrected chi connectivity index (χ3v) is 13.0. The number of carbonyl (C=O) groups excluding carboxylic acids is 2. The van der Waals surface area contributed by atoms with Crippen LogP contribution < -0.4 is 9.13 Å². The Labute approximate surface area is 399 Å². The average Bonchev–Trinajstić information content (AvgIpc) is 3.27. The summed E-state index contributed by atoms with van der Waals surface area (Å²) >= 11 is 0. The molecule has 12 nitrogen and oxygen atoms in total. The summed E-state index contributed by atoms with van der Waals surface area (Å²) in [5.74, 6) is -0.979. The van der Waals surface area contributed by atoms with E-state index >= 15 is 0 Å². The Morgan fingerprint density at radius 3 is 1.17 bits per heavy atom. The maximum atomic E-state index is 13.5. The van der Waals surface area contributed by atoms with Crippen LogP contribution in [0.15, 0.2) is 97.7 Å². The fourth-order valence-corrected chi connectivity index (χ4v) is 8.51. The molecule has 2 amide bonds. The fraction of sp³-hybridized carbons (Fsp3) is 0.615. The molecule has 0 spiro atoms. The molecule has 0 aliphatic rings. The zero-order valence-corrected chi connectivity index (χ0v) is 42.0. The van der Waals surface area contributed by atoms with Gasteiger partial charge in [0.1, 0.15) is 13.1 Å². The monoisotopic (exact) mass is 955 g/mol. The second kappa shape index (κ2) is 36.1. The molecule has 0 fully saturated rings. The molecule has 0 N–H and O–H groups in total. The number of unbranched alkanes of at least 4 members (excludes halogenated alkanes) is 17. The van der Waals surface area contributed by atoms with Crippen LogP contribution in [-0.2, 0) is 56.0 Å². The van der Waals surface area contributed by atoms with Crippen LogP contribution >= 0.6 is 0 Å². The highest BCUT2D eigenvalue weighted by Crippen LogP contribution is 2.13. The fourth-order valence-electron chi connectivity index (χ4n) is 7.54. The van der Waals surface area contributed by atoms with E-state index in [1.54, 1.807) is 12.2 Å². The summed E-state index contributed by atoms with van der Waals surface area (Å²) in [6.07, 6.45) is 45.7. The first kappa shape index (κ1) is 58.1. The van der Waals surface area contributed by atoms with Crippen molar-refractivity contribution in [3.05, 3.63) is 109 Å². The lowest BCUT2D eigenvalue weighted by Crippen LogP contribution is -2.35. The van der Waals surface area contributed by atoms with E-state index in [1.165, 1.54) is 77.0 Å². The Hall–Kier alpha value is -3.98. The van der Waals surface area contributed by atoms with Crippen molar-refractivity contribution in [3.63, 3.8) is 0 Å². The van der Waals surface area contributed by atoms with Crippen molar-refractivity contribution in [1.82, 2.24) is 9.80 Å². The highest BCUT2D eigenvalue weighted by Gasteiger charge is 2.15. The Bertz CT molecular complexity index is 1810. The van der Waals surface area contributed by atoms with Crippen LogP contribution in [0.1, 0.15) is 166 Å². The van der Waals surface area contributed by atoms with Crippen LogP contribution in [0.25, 0.3) is 0 Å². The first-order chi connectivity index (χ1) is 31.8. The lowest BCUT2D eigenvalue weighted by atomic mass is 10.1. The first-order valence-corrected chi connectivity index (χ1v) is 28.0. The molecule has 2 rings (SSSR count). The molecule has 2 heterocycles. The number of nitrogens with zero attached hydrogens (tertiary/aromatic N) is 4. The topological polar surface area (TPSA) is 163 Å².